The molecule has 1 saturated heterocycles. The Morgan fingerprint density at radius 1 is 1.26 bits per heavy atom. The minimum absolute atomic E-state index is 0.0978. The highest BCUT2D eigenvalue weighted by molar-refractivity contribution is 6.17. The van der Waals surface area contributed by atoms with Gasteiger partial charge in [-0.15, -0.1) is 11.6 Å². The van der Waals surface area contributed by atoms with Crippen LogP contribution in [0, 0.1) is 23.0 Å². The van der Waals surface area contributed by atoms with Crippen LogP contribution >= 0.6 is 11.6 Å². The van der Waals surface area contributed by atoms with Gasteiger partial charge in [0.2, 0.25) is 0 Å². The van der Waals surface area contributed by atoms with Crippen LogP contribution in [-0.2, 0) is 5.88 Å². The zero-order valence-corrected chi connectivity index (χ0v) is 12.4. The molecule has 0 N–H and O–H groups in total. The largest absolute Gasteiger partial charge is 0.366 e. The summed E-state index contributed by atoms with van der Waals surface area (Å²) in [7, 11) is 0. The smallest absolute Gasteiger partial charge is 0.149 e. The second kappa shape index (κ2) is 5.28. The van der Waals surface area contributed by atoms with Gasteiger partial charge >= 0.3 is 0 Å². The van der Waals surface area contributed by atoms with E-state index in [9.17, 15) is 8.78 Å². The number of benzene rings is 1. The lowest BCUT2D eigenvalue weighted by molar-refractivity contribution is 0.263. The third kappa shape index (κ3) is 3.02. The zero-order chi connectivity index (χ0) is 14.2. The molecule has 1 aliphatic rings. The summed E-state index contributed by atoms with van der Waals surface area (Å²) in [4.78, 5) is 1.82. The Balaban J connectivity index is 2.25. The van der Waals surface area contributed by atoms with Crippen molar-refractivity contribution in [1.29, 1.82) is 0 Å². The summed E-state index contributed by atoms with van der Waals surface area (Å²) >= 11 is 5.62. The molecule has 1 aromatic rings. The van der Waals surface area contributed by atoms with E-state index in [0.29, 0.717) is 24.6 Å². The number of alkyl halides is 1. The van der Waals surface area contributed by atoms with Crippen molar-refractivity contribution in [1.82, 2.24) is 0 Å². The van der Waals surface area contributed by atoms with Crippen LogP contribution in [0.15, 0.2) is 12.1 Å². The normalized spacial score (nSPS) is 20.1. The van der Waals surface area contributed by atoms with E-state index in [1.165, 1.54) is 12.1 Å². The quantitative estimate of drug-likeness (QED) is 0.720. The Morgan fingerprint density at radius 2 is 1.84 bits per heavy atom. The maximum absolute atomic E-state index is 14.0. The predicted molar refractivity (Wildman–Crippen MR) is 75.7 cm³/mol. The Morgan fingerprint density at radius 3 is 2.26 bits per heavy atom. The first kappa shape index (κ1) is 14.6. The molecule has 0 bridgehead atoms. The average Bonchev–Trinajstić information content (AvgIpc) is 2.76. The minimum atomic E-state index is -0.509. The highest BCUT2D eigenvalue weighted by Gasteiger charge is 2.33. The van der Waals surface area contributed by atoms with Gasteiger partial charge in [0.05, 0.1) is 0 Å². The first-order chi connectivity index (χ1) is 8.82. The molecule has 1 unspecified atom stereocenters. The first-order valence-electron chi connectivity index (χ1n) is 6.61. The molecule has 1 fully saturated rings. The SMILES string of the molecule is CC(C)(C)C1CCN(c2c(F)cc(CCl)cc2F)C1. The molecule has 1 nitrogen and oxygen atoms in total. The molecule has 1 atom stereocenters. The number of halogens is 3. The molecule has 0 aromatic heterocycles. The van der Waals surface area contributed by atoms with Crippen LogP contribution < -0.4 is 4.90 Å². The van der Waals surface area contributed by atoms with E-state index >= 15 is 0 Å². The summed E-state index contributed by atoms with van der Waals surface area (Å²) in [6, 6.07) is 2.66. The van der Waals surface area contributed by atoms with Crippen molar-refractivity contribution in [2.24, 2.45) is 11.3 Å². The van der Waals surface area contributed by atoms with Gasteiger partial charge in [0.25, 0.3) is 0 Å². The highest BCUT2D eigenvalue weighted by Crippen LogP contribution is 2.37. The van der Waals surface area contributed by atoms with E-state index < -0.39 is 11.6 Å². The number of hydrogen-bond donors (Lipinski definition) is 0. The Hall–Kier alpha value is -0.830. The van der Waals surface area contributed by atoms with Crippen molar-refractivity contribution in [3.63, 3.8) is 0 Å². The third-order valence-corrected chi connectivity index (χ3v) is 4.27. The lowest BCUT2D eigenvalue weighted by Crippen LogP contribution is -2.27. The van der Waals surface area contributed by atoms with E-state index in [-0.39, 0.29) is 17.0 Å². The zero-order valence-electron chi connectivity index (χ0n) is 11.6. The summed E-state index contributed by atoms with van der Waals surface area (Å²) in [5, 5.41) is 0. The maximum Gasteiger partial charge on any atom is 0.149 e. The molecule has 0 spiro atoms. The van der Waals surface area contributed by atoms with Gasteiger partial charge in [-0.25, -0.2) is 8.78 Å². The molecule has 4 heteroatoms. The van der Waals surface area contributed by atoms with Gasteiger partial charge in [0.15, 0.2) is 0 Å². The average molecular weight is 288 g/mol. The van der Waals surface area contributed by atoms with Crippen molar-refractivity contribution in [3.8, 4) is 0 Å². The lowest BCUT2D eigenvalue weighted by atomic mass is 9.80. The van der Waals surface area contributed by atoms with Crippen LogP contribution in [0.4, 0.5) is 14.5 Å². The molecular weight excluding hydrogens is 268 g/mol. The number of nitrogens with zero attached hydrogens (tertiary/aromatic N) is 1. The fraction of sp³-hybridized carbons (Fsp3) is 0.600. The van der Waals surface area contributed by atoms with Gasteiger partial charge in [-0.3, -0.25) is 0 Å². The monoisotopic (exact) mass is 287 g/mol. The van der Waals surface area contributed by atoms with Gasteiger partial charge in [-0.1, -0.05) is 20.8 Å². The molecule has 1 aliphatic heterocycles. The van der Waals surface area contributed by atoms with Gasteiger partial charge in [-0.2, -0.15) is 0 Å². The summed E-state index contributed by atoms with van der Waals surface area (Å²) < 4.78 is 28.1. The van der Waals surface area contributed by atoms with Crippen LogP contribution in [0.2, 0.25) is 0 Å². The molecule has 0 radical (unpaired) electrons. The highest BCUT2D eigenvalue weighted by atomic mass is 35.5. The van der Waals surface area contributed by atoms with Crippen molar-refractivity contribution in [2.75, 3.05) is 18.0 Å². The predicted octanol–water partition coefficient (Wildman–Crippen LogP) is 4.58. The Kier molecular flexibility index (Phi) is 4.05. The summed E-state index contributed by atoms with van der Waals surface area (Å²) in [5.74, 6) is -0.437. The van der Waals surface area contributed by atoms with Gasteiger partial charge < -0.3 is 4.90 Å². The van der Waals surface area contributed by atoms with Crippen molar-refractivity contribution < 1.29 is 8.78 Å². The van der Waals surface area contributed by atoms with Crippen LogP contribution in [-0.4, -0.2) is 13.1 Å². The molecule has 0 saturated carbocycles. The first-order valence-corrected chi connectivity index (χ1v) is 7.15. The van der Waals surface area contributed by atoms with Gasteiger partial charge in [0, 0.05) is 19.0 Å². The molecule has 2 rings (SSSR count). The van der Waals surface area contributed by atoms with E-state index in [4.69, 9.17) is 11.6 Å². The molecule has 0 aliphatic carbocycles. The van der Waals surface area contributed by atoms with E-state index in [2.05, 4.69) is 20.8 Å². The van der Waals surface area contributed by atoms with Crippen molar-refractivity contribution in [2.45, 2.75) is 33.1 Å². The third-order valence-electron chi connectivity index (χ3n) is 3.96. The standard InChI is InChI=1S/C15H20ClF2N/c1-15(2,3)11-4-5-19(9-11)14-12(17)6-10(8-16)7-13(14)18/h6-7,11H,4-5,8-9H2,1-3H3. The van der Waals surface area contributed by atoms with Crippen molar-refractivity contribution in [3.05, 3.63) is 29.3 Å². The van der Waals surface area contributed by atoms with Crippen LogP contribution in [0.1, 0.15) is 32.8 Å². The summed E-state index contributed by atoms with van der Waals surface area (Å²) in [6.07, 6.45) is 0.972. The van der Waals surface area contributed by atoms with Crippen LogP contribution in [0.5, 0.6) is 0 Å². The van der Waals surface area contributed by atoms with Gasteiger partial charge in [0.1, 0.15) is 17.3 Å². The number of anilines is 1. The molecule has 0 amide bonds. The van der Waals surface area contributed by atoms with Crippen LogP contribution in [0.25, 0.3) is 0 Å². The summed E-state index contributed by atoms with van der Waals surface area (Å²) in [5.41, 5.74) is 0.741. The lowest BCUT2D eigenvalue weighted by Gasteiger charge is -2.27. The van der Waals surface area contributed by atoms with E-state index in [1.807, 2.05) is 4.90 Å². The fourth-order valence-electron chi connectivity index (χ4n) is 2.67. The topological polar surface area (TPSA) is 3.24 Å². The number of rotatable bonds is 2. The van der Waals surface area contributed by atoms with Crippen LogP contribution in [0.3, 0.4) is 0 Å². The fourth-order valence-corrected chi connectivity index (χ4v) is 2.82. The summed E-state index contributed by atoms with van der Waals surface area (Å²) in [6.45, 7) is 7.92. The minimum Gasteiger partial charge on any atom is -0.366 e. The number of hydrogen-bond acceptors (Lipinski definition) is 1. The van der Waals surface area contributed by atoms with Gasteiger partial charge in [-0.05, 0) is 35.4 Å². The molecular formula is C15H20ClF2N. The Labute approximate surface area is 118 Å². The molecule has 1 heterocycles. The molecule has 19 heavy (non-hydrogen) atoms. The molecule has 1 aromatic carbocycles. The second-order valence-electron chi connectivity index (χ2n) is 6.34. The molecule has 106 valence electrons. The van der Waals surface area contributed by atoms with Crippen molar-refractivity contribution >= 4 is 17.3 Å². The Bertz CT molecular complexity index is 445. The maximum atomic E-state index is 14.0. The van der Waals surface area contributed by atoms with E-state index in [0.717, 1.165) is 6.42 Å². The van der Waals surface area contributed by atoms with E-state index in [1.54, 1.807) is 0 Å². The second-order valence-corrected chi connectivity index (χ2v) is 6.61.